The molecule has 0 spiro atoms. The second kappa shape index (κ2) is 5.77. The average molecular weight is 345 g/mol. The minimum atomic E-state index is -0.335. The monoisotopic (exact) mass is 345 g/mol. The molecule has 0 radical (unpaired) electrons. The Kier molecular flexibility index (Phi) is 3.38. The van der Waals surface area contributed by atoms with Crippen molar-refractivity contribution in [1.29, 1.82) is 0 Å². The lowest BCUT2D eigenvalue weighted by molar-refractivity contribution is 0.558. The molecular weight excluding hydrogens is 326 g/mol. The van der Waals surface area contributed by atoms with Gasteiger partial charge in [-0.3, -0.25) is 0 Å². The number of aryl methyl sites for hydroxylation is 1. The van der Waals surface area contributed by atoms with Crippen LogP contribution in [0.3, 0.4) is 0 Å². The summed E-state index contributed by atoms with van der Waals surface area (Å²) in [5.74, 6) is 0. The molecule has 0 amide bonds. The lowest BCUT2D eigenvalue weighted by atomic mass is 10.0. The van der Waals surface area contributed by atoms with E-state index in [0.717, 1.165) is 46.1 Å². The van der Waals surface area contributed by atoms with E-state index in [1.165, 1.54) is 24.6 Å². The highest BCUT2D eigenvalue weighted by molar-refractivity contribution is 6.02. The van der Waals surface area contributed by atoms with Crippen LogP contribution in [0.5, 0.6) is 0 Å². The predicted molar refractivity (Wildman–Crippen MR) is 104 cm³/mol. The maximum Gasteiger partial charge on any atom is 0.336 e. The summed E-state index contributed by atoms with van der Waals surface area (Å²) in [6.45, 7) is 4.21. The summed E-state index contributed by atoms with van der Waals surface area (Å²) in [6.07, 6.45) is 4.33. The van der Waals surface area contributed by atoms with Crippen LogP contribution in [0.1, 0.15) is 18.4 Å². The lowest BCUT2D eigenvalue weighted by Gasteiger charge is -2.17. The Morgan fingerprint density at radius 1 is 0.923 bits per heavy atom. The maximum atomic E-state index is 11.6. The van der Waals surface area contributed by atoms with E-state index < -0.39 is 0 Å². The van der Waals surface area contributed by atoms with Gasteiger partial charge in [-0.05, 0) is 49.1 Å². The number of anilines is 1. The van der Waals surface area contributed by atoms with Crippen LogP contribution >= 0.6 is 0 Å². The molecule has 130 valence electrons. The number of hydrogen-bond acceptors (Lipinski definition) is 4. The molecule has 4 heteroatoms. The highest BCUT2D eigenvalue weighted by Crippen LogP contribution is 2.35. The minimum Gasteiger partial charge on any atom is -0.464 e. The van der Waals surface area contributed by atoms with Gasteiger partial charge in [-0.15, -0.1) is 0 Å². The van der Waals surface area contributed by atoms with Crippen molar-refractivity contribution in [3.05, 3.63) is 64.7 Å². The Hall–Kier alpha value is -3.01. The van der Waals surface area contributed by atoms with E-state index in [4.69, 9.17) is 8.83 Å². The first kappa shape index (κ1) is 15.3. The molecule has 1 fully saturated rings. The molecule has 4 aromatic rings. The van der Waals surface area contributed by atoms with Gasteiger partial charge in [-0.2, -0.15) is 0 Å². The van der Waals surface area contributed by atoms with Crippen molar-refractivity contribution < 1.29 is 8.83 Å². The Morgan fingerprint density at radius 3 is 2.46 bits per heavy atom. The molecule has 2 aromatic carbocycles. The fourth-order valence-electron chi connectivity index (χ4n) is 3.89. The van der Waals surface area contributed by atoms with E-state index in [1.807, 2.05) is 6.92 Å². The van der Waals surface area contributed by atoms with Crippen LogP contribution in [0.15, 0.2) is 62.4 Å². The number of nitrogens with zero attached hydrogens (tertiary/aromatic N) is 1. The van der Waals surface area contributed by atoms with Gasteiger partial charge in [0, 0.05) is 47.2 Å². The number of hydrogen-bond donors (Lipinski definition) is 0. The average Bonchev–Trinajstić information content (AvgIpc) is 3.30. The molecule has 4 nitrogen and oxygen atoms in total. The number of fused-ring (bicyclic) bond motifs is 2. The number of furan rings is 1. The second-order valence-corrected chi connectivity index (χ2v) is 6.98. The largest absolute Gasteiger partial charge is 0.464 e. The minimum absolute atomic E-state index is 0.335. The Bertz CT molecular complexity index is 1160. The van der Waals surface area contributed by atoms with E-state index in [2.05, 4.69) is 35.2 Å². The molecule has 0 bridgehead atoms. The van der Waals surface area contributed by atoms with Crippen LogP contribution in [0.25, 0.3) is 33.1 Å². The van der Waals surface area contributed by atoms with Gasteiger partial charge in [0.2, 0.25) is 0 Å². The fourth-order valence-corrected chi connectivity index (χ4v) is 3.89. The van der Waals surface area contributed by atoms with E-state index in [1.54, 1.807) is 12.3 Å². The maximum absolute atomic E-state index is 11.6. The van der Waals surface area contributed by atoms with Gasteiger partial charge in [-0.1, -0.05) is 12.1 Å². The summed E-state index contributed by atoms with van der Waals surface area (Å²) in [6, 6.07) is 14.1. The zero-order chi connectivity index (χ0) is 17.7. The molecule has 1 aliphatic heterocycles. The van der Waals surface area contributed by atoms with Crippen LogP contribution in [-0.2, 0) is 0 Å². The fraction of sp³-hybridized carbons (Fsp3) is 0.227. The third kappa shape index (κ3) is 2.41. The predicted octanol–water partition coefficient (Wildman–Crippen LogP) is 5.11. The molecule has 0 unspecified atom stereocenters. The van der Waals surface area contributed by atoms with E-state index in [0.29, 0.717) is 5.58 Å². The van der Waals surface area contributed by atoms with Gasteiger partial charge >= 0.3 is 5.63 Å². The van der Waals surface area contributed by atoms with Gasteiger partial charge in [0.25, 0.3) is 0 Å². The smallest absolute Gasteiger partial charge is 0.336 e. The normalized spacial score (nSPS) is 14.6. The first-order valence-electron chi connectivity index (χ1n) is 9.00. The number of benzene rings is 2. The van der Waals surface area contributed by atoms with Crippen molar-refractivity contribution in [2.24, 2.45) is 0 Å². The van der Waals surface area contributed by atoms with Gasteiger partial charge in [-0.25, -0.2) is 4.79 Å². The summed E-state index contributed by atoms with van der Waals surface area (Å²) < 4.78 is 11.1. The molecular formula is C22H19NO3. The van der Waals surface area contributed by atoms with Gasteiger partial charge < -0.3 is 13.7 Å². The zero-order valence-corrected chi connectivity index (χ0v) is 14.6. The van der Waals surface area contributed by atoms with Crippen molar-refractivity contribution in [2.45, 2.75) is 19.8 Å². The summed E-state index contributed by atoms with van der Waals surface area (Å²) in [5, 5.41) is 1.97. The van der Waals surface area contributed by atoms with Crippen molar-refractivity contribution in [3.8, 4) is 11.1 Å². The molecule has 0 atom stereocenters. The molecule has 26 heavy (non-hydrogen) atoms. The highest BCUT2D eigenvalue weighted by atomic mass is 16.4. The second-order valence-electron chi connectivity index (χ2n) is 6.98. The van der Waals surface area contributed by atoms with Crippen LogP contribution in [-0.4, -0.2) is 13.1 Å². The molecule has 1 saturated heterocycles. The lowest BCUT2D eigenvalue weighted by Crippen LogP contribution is -2.17. The molecule has 0 saturated carbocycles. The molecule has 5 rings (SSSR count). The summed E-state index contributed by atoms with van der Waals surface area (Å²) in [5.41, 5.74) is 5.33. The Morgan fingerprint density at radius 2 is 1.69 bits per heavy atom. The van der Waals surface area contributed by atoms with Crippen LogP contribution in [0.4, 0.5) is 5.69 Å². The summed E-state index contributed by atoms with van der Waals surface area (Å²) >= 11 is 0. The van der Waals surface area contributed by atoms with E-state index in [-0.39, 0.29) is 5.63 Å². The van der Waals surface area contributed by atoms with Crippen molar-refractivity contribution in [3.63, 3.8) is 0 Å². The first-order chi connectivity index (χ1) is 12.7. The summed E-state index contributed by atoms with van der Waals surface area (Å²) in [4.78, 5) is 14.0. The van der Waals surface area contributed by atoms with Gasteiger partial charge in [0.05, 0.1) is 6.26 Å². The third-order valence-corrected chi connectivity index (χ3v) is 5.29. The van der Waals surface area contributed by atoms with Crippen LogP contribution in [0, 0.1) is 6.92 Å². The first-order valence-corrected chi connectivity index (χ1v) is 9.00. The van der Waals surface area contributed by atoms with Crippen LogP contribution in [0.2, 0.25) is 0 Å². The van der Waals surface area contributed by atoms with E-state index in [9.17, 15) is 4.79 Å². The third-order valence-electron chi connectivity index (χ3n) is 5.29. The number of rotatable bonds is 2. The van der Waals surface area contributed by atoms with Crippen molar-refractivity contribution in [1.82, 2.24) is 0 Å². The van der Waals surface area contributed by atoms with E-state index >= 15 is 0 Å². The SMILES string of the molecule is Cc1cc(=O)oc2cc3occ(-c4ccc(N5CCCC5)cc4)c3cc12. The molecule has 1 aliphatic rings. The Balaban J connectivity index is 1.62. The standard InChI is InChI=1S/C22H19NO3/c1-14-10-22(24)26-21-12-20-18(11-17(14)21)19(13-25-20)15-4-6-16(7-5-15)23-8-2-3-9-23/h4-7,10-13H,2-3,8-9H2,1H3. The molecule has 0 aliphatic carbocycles. The van der Waals surface area contributed by atoms with Gasteiger partial charge in [0.15, 0.2) is 0 Å². The quantitative estimate of drug-likeness (QED) is 0.473. The zero-order valence-electron chi connectivity index (χ0n) is 14.6. The van der Waals surface area contributed by atoms with Gasteiger partial charge in [0.1, 0.15) is 11.2 Å². The molecule has 0 N–H and O–H groups in total. The summed E-state index contributed by atoms with van der Waals surface area (Å²) in [7, 11) is 0. The Labute approximate surface area is 150 Å². The van der Waals surface area contributed by atoms with Crippen LogP contribution < -0.4 is 10.5 Å². The highest BCUT2D eigenvalue weighted by Gasteiger charge is 2.14. The topological polar surface area (TPSA) is 46.6 Å². The molecule has 3 heterocycles. The van der Waals surface area contributed by atoms with Crippen molar-refractivity contribution >= 4 is 27.6 Å². The van der Waals surface area contributed by atoms with Crippen molar-refractivity contribution in [2.75, 3.05) is 18.0 Å². The molecule has 2 aromatic heterocycles.